The van der Waals surface area contributed by atoms with Crippen molar-refractivity contribution < 1.29 is 27.9 Å². The van der Waals surface area contributed by atoms with E-state index in [2.05, 4.69) is 6.58 Å². The molecule has 3 aliphatic heterocycles. The highest BCUT2D eigenvalue weighted by Crippen LogP contribution is 2.53. The molecule has 41 heavy (non-hydrogen) atoms. The molecule has 10 nitrogen and oxygen atoms in total. The van der Waals surface area contributed by atoms with Gasteiger partial charge in [0, 0.05) is 43.9 Å². The number of piperidine rings is 1. The topological polar surface area (TPSA) is 119 Å². The molecule has 2 fully saturated rings. The van der Waals surface area contributed by atoms with Crippen molar-refractivity contribution in [2.45, 2.75) is 29.7 Å². The monoisotopic (exact) mass is 578 g/mol. The van der Waals surface area contributed by atoms with Gasteiger partial charge in [0.25, 0.3) is 17.6 Å². The maximum Gasteiger partial charge on any atom is 0.296 e. The first-order valence-corrected chi connectivity index (χ1v) is 15.1. The molecule has 2 amide bonds. The highest BCUT2D eigenvalue weighted by Gasteiger charge is 2.66. The number of benzene rings is 2. The molecule has 2 aromatic rings. The third-order valence-electron chi connectivity index (χ3n) is 7.95. The van der Waals surface area contributed by atoms with E-state index in [1.54, 1.807) is 30.3 Å². The minimum atomic E-state index is -3.85. The smallest absolute Gasteiger partial charge is 0.296 e. The average Bonchev–Trinajstić information content (AvgIpc) is 3.35. The summed E-state index contributed by atoms with van der Waals surface area (Å²) < 4.78 is 28.2. The van der Waals surface area contributed by atoms with Crippen molar-refractivity contribution in [2.24, 2.45) is 0 Å². The number of aliphatic hydroxyl groups is 1. The van der Waals surface area contributed by atoms with E-state index in [9.17, 15) is 27.9 Å². The minimum absolute atomic E-state index is 0.0283. The Morgan fingerprint density at radius 3 is 2.44 bits per heavy atom. The van der Waals surface area contributed by atoms with E-state index in [0.29, 0.717) is 30.9 Å². The van der Waals surface area contributed by atoms with Gasteiger partial charge < -0.3 is 19.8 Å². The molecule has 3 aliphatic rings. The molecule has 2 aromatic carbocycles. The summed E-state index contributed by atoms with van der Waals surface area (Å²) in [4.78, 5) is 46.2. The quantitative estimate of drug-likeness (QED) is 0.221. The van der Waals surface area contributed by atoms with Gasteiger partial charge in [-0.05, 0) is 45.1 Å². The fourth-order valence-corrected chi connectivity index (χ4v) is 7.54. The Kier molecular flexibility index (Phi) is 7.62. The third kappa shape index (κ3) is 4.48. The lowest BCUT2D eigenvalue weighted by atomic mass is 9.82. The molecule has 0 radical (unpaired) electrons. The van der Waals surface area contributed by atoms with Crippen molar-refractivity contribution in [3.8, 4) is 0 Å². The number of ketones is 1. The number of anilines is 1. The highest BCUT2D eigenvalue weighted by molar-refractivity contribution is 7.89. The summed E-state index contributed by atoms with van der Waals surface area (Å²) in [6.07, 6.45) is 4.03. The van der Waals surface area contributed by atoms with Crippen molar-refractivity contribution in [1.29, 1.82) is 0 Å². The van der Waals surface area contributed by atoms with Gasteiger partial charge in [0.1, 0.15) is 5.76 Å². The van der Waals surface area contributed by atoms with Crippen LogP contribution in [0, 0.1) is 0 Å². The van der Waals surface area contributed by atoms with Gasteiger partial charge in [-0.25, -0.2) is 8.42 Å². The zero-order valence-corrected chi connectivity index (χ0v) is 24.1. The SMILES string of the molecule is C=CCN1C(=O)C2(/C(=C(/O)c3cccc(S(=O)(=O)N4CCCCC4)c3)C(=O)C(=O)N2CCN(C)C)c2ccccc21. The first-order valence-electron chi connectivity index (χ1n) is 13.6. The number of aliphatic hydroxyl groups excluding tert-OH is 1. The van der Waals surface area contributed by atoms with Crippen LogP contribution in [0.1, 0.15) is 30.4 Å². The third-order valence-corrected chi connectivity index (χ3v) is 9.85. The number of Topliss-reactive ketones (excluding diaryl/α,β-unsaturated/α-hetero) is 1. The second-order valence-corrected chi connectivity index (χ2v) is 12.7. The zero-order valence-electron chi connectivity index (χ0n) is 23.2. The molecule has 2 saturated heterocycles. The van der Waals surface area contributed by atoms with Crippen molar-refractivity contribution in [3.63, 3.8) is 0 Å². The lowest BCUT2D eigenvalue weighted by molar-refractivity contribution is -0.143. The summed E-state index contributed by atoms with van der Waals surface area (Å²) >= 11 is 0. The number of carbonyl (C=O) groups excluding carboxylic acids is 3. The van der Waals surface area contributed by atoms with Gasteiger partial charge in [-0.2, -0.15) is 4.31 Å². The molecule has 0 saturated carbocycles. The Labute approximate surface area is 240 Å². The van der Waals surface area contributed by atoms with Crippen LogP contribution in [0.2, 0.25) is 0 Å². The van der Waals surface area contributed by atoms with Crippen LogP contribution in [0.5, 0.6) is 0 Å². The number of likely N-dealkylation sites (N-methyl/N-ethyl adjacent to an activating group) is 1. The first-order chi connectivity index (χ1) is 19.6. The number of sulfonamides is 1. The molecular weight excluding hydrogens is 544 g/mol. The maximum atomic E-state index is 14.4. The second-order valence-electron chi connectivity index (χ2n) is 10.7. The van der Waals surface area contributed by atoms with Gasteiger partial charge in [0.2, 0.25) is 10.0 Å². The van der Waals surface area contributed by atoms with Gasteiger partial charge in [-0.3, -0.25) is 14.4 Å². The summed E-state index contributed by atoms with van der Waals surface area (Å²) in [5, 5.41) is 11.8. The Morgan fingerprint density at radius 1 is 1.05 bits per heavy atom. The highest BCUT2D eigenvalue weighted by atomic mass is 32.2. The van der Waals surface area contributed by atoms with E-state index in [-0.39, 0.29) is 29.1 Å². The van der Waals surface area contributed by atoms with Crippen LogP contribution >= 0.6 is 0 Å². The normalized spacial score (nSPS) is 22.7. The molecule has 0 aromatic heterocycles. The Hall–Kier alpha value is -3.80. The van der Waals surface area contributed by atoms with E-state index in [1.807, 2.05) is 19.0 Å². The predicted molar refractivity (Wildman–Crippen MR) is 155 cm³/mol. The molecule has 0 aliphatic carbocycles. The van der Waals surface area contributed by atoms with Crippen LogP contribution in [0.25, 0.3) is 5.76 Å². The number of hydrogen-bond donors (Lipinski definition) is 1. The standard InChI is InChI=1S/C30H34N4O6S/c1-4-15-33-24-14-7-6-13-23(24)30(29(33)38)25(27(36)28(37)34(30)19-18-31(2)3)26(35)21-11-10-12-22(20-21)41(39,40)32-16-8-5-9-17-32/h4,6-7,10-14,20,35H,1,5,8-9,15-19H2,2-3H3/b26-25+. The predicted octanol–water partition coefficient (Wildman–Crippen LogP) is 2.53. The maximum absolute atomic E-state index is 14.4. The van der Waals surface area contributed by atoms with E-state index < -0.39 is 38.9 Å². The lowest BCUT2D eigenvalue weighted by Gasteiger charge is -2.35. The first kappa shape index (κ1) is 28.7. The number of hydrogen-bond acceptors (Lipinski definition) is 7. The van der Waals surface area contributed by atoms with Crippen LogP contribution in [-0.4, -0.2) is 92.0 Å². The summed E-state index contributed by atoms with van der Waals surface area (Å²) in [7, 11) is -0.229. The number of fused-ring (bicyclic) bond motifs is 2. The average molecular weight is 579 g/mol. The molecule has 3 heterocycles. The Morgan fingerprint density at radius 2 is 1.76 bits per heavy atom. The molecule has 0 bridgehead atoms. The number of amides is 2. The van der Waals surface area contributed by atoms with Gasteiger partial charge >= 0.3 is 0 Å². The Bertz CT molecular complexity index is 1560. The molecule has 11 heteroatoms. The second kappa shape index (κ2) is 10.9. The molecule has 1 spiro atoms. The summed E-state index contributed by atoms with van der Waals surface area (Å²) in [5.74, 6) is -3.08. The van der Waals surface area contributed by atoms with Crippen LogP contribution in [0.4, 0.5) is 5.69 Å². The summed E-state index contributed by atoms with van der Waals surface area (Å²) in [6, 6.07) is 12.6. The summed E-state index contributed by atoms with van der Waals surface area (Å²) in [6.45, 7) is 5.09. The van der Waals surface area contributed by atoms with E-state index in [4.69, 9.17) is 0 Å². The van der Waals surface area contributed by atoms with Gasteiger partial charge in [0.15, 0.2) is 5.54 Å². The van der Waals surface area contributed by atoms with Gasteiger partial charge in [0.05, 0.1) is 16.2 Å². The molecule has 1 N–H and O–H groups in total. The minimum Gasteiger partial charge on any atom is -0.507 e. The van der Waals surface area contributed by atoms with E-state index >= 15 is 0 Å². The van der Waals surface area contributed by atoms with Crippen molar-refractivity contribution >= 4 is 39.1 Å². The van der Waals surface area contributed by atoms with Crippen LogP contribution in [-0.2, 0) is 29.9 Å². The van der Waals surface area contributed by atoms with Crippen LogP contribution in [0.3, 0.4) is 0 Å². The lowest BCUT2D eigenvalue weighted by Crippen LogP contribution is -2.53. The number of para-hydroxylation sites is 1. The van der Waals surface area contributed by atoms with E-state index in [1.165, 1.54) is 38.4 Å². The molecule has 1 unspecified atom stereocenters. The molecule has 216 valence electrons. The van der Waals surface area contributed by atoms with E-state index in [0.717, 1.165) is 19.3 Å². The van der Waals surface area contributed by atoms with Crippen molar-refractivity contribution in [1.82, 2.24) is 14.1 Å². The summed E-state index contributed by atoms with van der Waals surface area (Å²) in [5.41, 5.74) is -1.38. The number of nitrogens with zero attached hydrogens (tertiary/aromatic N) is 4. The van der Waals surface area contributed by atoms with Crippen molar-refractivity contribution in [2.75, 3.05) is 51.7 Å². The van der Waals surface area contributed by atoms with Gasteiger partial charge in [-0.15, -0.1) is 6.58 Å². The van der Waals surface area contributed by atoms with Crippen LogP contribution in [0.15, 0.2) is 71.7 Å². The van der Waals surface area contributed by atoms with Crippen LogP contribution < -0.4 is 4.90 Å². The van der Waals surface area contributed by atoms with Gasteiger partial charge in [-0.1, -0.05) is 42.8 Å². The molecule has 5 rings (SSSR count). The van der Waals surface area contributed by atoms with Crippen molar-refractivity contribution in [3.05, 3.63) is 77.9 Å². The number of carbonyl (C=O) groups is 3. The largest absolute Gasteiger partial charge is 0.507 e. The fraction of sp³-hybridized carbons (Fsp3) is 0.367. The number of likely N-dealkylation sites (tertiary alicyclic amines) is 1. The molecule has 1 atom stereocenters. The Balaban J connectivity index is 1.73. The molecular formula is C30H34N4O6S. The number of rotatable bonds is 8. The zero-order chi connectivity index (χ0) is 29.5. The fourth-order valence-electron chi connectivity index (χ4n) is 5.98.